The van der Waals surface area contributed by atoms with E-state index in [0.717, 1.165) is 24.6 Å². The van der Waals surface area contributed by atoms with Crippen LogP contribution < -0.4 is 11.5 Å². The number of nitrogens with zero attached hydrogens (tertiary/aromatic N) is 1. The van der Waals surface area contributed by atoms with Crippen LogP contribution in [0.3, 0.4) is 0 Å². The molecule has 0 radical (unpaired) electrons. The van der Waals surface area contributed by atoms with E-state index in [0.29, 0.717) is 40.6 Å². The van der Waals surface area contributed by atoms with Gasteiger partial charge in [0.05, 0.1) is 23.9 Å². The number of nitrogens with two attached hydrogens (primary N) is 2. The lowest BCUT2D eigenvalue weighted by Gasteiger charge is -2.24. The van der Waals surface area contributed by atoms with Crippen LogP contribution in [-0.4, -0.2) is 29.9 Å². The second-order valence-electron chi connectivity index (χ2n) is 6.53. The van der Waals surface area contributed by atoms with Crippen molar-refractivity contribution in [2.75, 3.05) is 12.8 Å². The van der Waals surface area contributed by atoms with Crippen LogP contribution in [0.2, 0.25) is 0 Å². The van der Waals surface area contributed by atoms with E-state index in [4.69, 9.17) is 27.0 Å². The van der Waals surface area contributed by atoms with Crippen molar-refractivity contribution in [1.29, 1.82) is 10.8 Å². The fourth-order valence-electron chi connectivity index (χ4n) is 3.64. The van der Waals surface area contributed by atoms with Crippen LogP contribution in [0.1, 0.15) is 35.2 Å². The Hall–Kier alpha value is -3.10. The SMILES string of the molecule is COC(=N)c1c(N)ccc2nc(/C(=C/N)C(=N)C(F)(F)F)c3c(c12)CCCC3. The number of nitrogens with one attached hydrogen (secondary N) is 2. The molecule has 9 heteroatoms. The Kier molecular flexibility index (Phi) is 5.01. The van der Waals surface area contributed by atoms with Gasteiger partial charge < -0.3 is 16.2 Å². The first-order chi connectivity index (χ1) is 13.2. The number of allylic oxidation sites excluding steroid dienone is 1. The highest BCUT2D eigenvalue weighted by Crippen LogP contribution is 2.38. The van der Waals surface area contributed by atoms with Gasteiger partial charge in [-0.3, -0.25) is 10.8 Å². The van der Waals surface area contributed by atoms with Crippen molar-refractivity contribution in [1.82, 2.24) is 4.98 Å². The van der Waals surface area contributed by atoms with E-state index in [1.807, 2.05) is 0 Å². The largest absolute Gasteiger partial charge is 0.481 e. The summed E-state index contributed by atoms with van der Waals surface area (Å²) in [5.41, 5.74) is 12.1. The van der Waals surface area contributed by atoms with Gasteiger partial charge in [-0.15, -0.1) is 0 Å². The number of nitrogen functional groups attached to an aromatic ring is 1. The minimum Gasteiger partial charge on any atom is -0.481 e. The summed E-state index contributed by atoms with van der Waals surface area (Å²) in [7, 11) is 1.36. The molecule has 148 valence electrons. The topological polar surface area (TPSA) is 122 Å². The Morgan fingerprint density at radius 3 is 2.39 bits per heavy atom. The van der Waals surface area contributed by atoms with Gasteiger partial charge in [-0.05, 0) is 48.9 Å². The van der Waals surface area contributed by atoms with Crippen molar-refractivity contribution in [3.05, 3.63) is 40.7 Å². The van der Waals surface area contributed by atoms with E-state index in [1.54, 1.807) is 6.07 Å². The second-order valence-corrected chi connectivity index (χ2v) is 6.53. The number of ether oxygens (including phenoxy) is 1. The third-order valence-corrected chi connectivity index (χ3v) is 4.91. The standard InChI is InChI=1S/C19H20F3N5O/c1-28-18(26)15-12(24)6-7-13-14(15)9-4-2-3-5-10(9)16(27-13)11(8-23)17(25)19(20,21)22/h6-8,25-26H,2-5,23-24H2,1H3/b11-8-,25-17?,26-18?. The van der Waals surface area contributed by atoms with Gasteiger partial charge in [0.1, 0.15) is 5.71 Å². The van der Waals surface area contributed by atoms with Crippen LogP contribution >= 0.6 is 0 Å². The molecule has 0 unspecified atom stereocenters. The zero-order chi connectivity index (χ0) is 20.6. The first-order valence-corrected chi connectivity index (χ1v) is 8.66. The molecule has 6 N–H and O–H groups in total. The van der Waals surface area contributed by atoms with Crippen LogP contribution in [0.4, 0.5) is 18.9 Å². The van der Waals surface area contributed by atoms with E-state index in [2.05, 4.69) is 4.98 Å². The number of halogens is 3. The van der Waals surface area contributed by atoms with E-state index < -0.39 is 17.5 Å². The van der Waals surface area contributed by atoms with Gasteiger partial charge in [-0.1, -0.05) is 0 Å². The van der Waals surface area contributed by atoms with Crippen molar-refractivity contribution < 1.29 is 17.9 Å². The fraction of sp³-hybridized carbons (Fsp3) is 0.316. The Morgan fingerprint density at radius 2 is 1.82 bits per heavy atom. The molecule has 1 aromatic heterocycles. The quantitative estimate of drug-likeness (QED) is 0.363. The molecule has 1 aliphatic carbocycles. The minimum atomic E-state index is -4.84. The van der Waals surface area contributed by atoms with Gasteiger partial charge in [0.15, 0.2) is 0 Å². The van der Waals surface area contributed by atoms with Crippen molar-refractivity contribution in [2.24, 2.45) is 5.73 Å². The number of aryl methyl sites for hydroxylation is 1. The van der Waals surface area contributed by atoms with E-state index >= 15 is 0 Å². The molecule has 0 amide bonds. The predicted octanol–water partition coefficient (Wildman–Crippen LogP) is 3.55. The van der Waals surface area contributed by atoms with Gasteiger partial charge in [-0.25, -0.2) is 4.98 Å². The summed E-state index contributed by atoms with van der Waals surface area (Å²) >= 11 is 0. The van der Waals surface area contributed by atoms with Crippen LogP contribution in [-0.2, 0) is 17.6 Å². The first-order valence-electron chi connectivity index (χ1n) is 8.66. The highest BCUT2D eigenvalue weighted by atomic mass is 19.4. The summed E-state index contributed by atoms with van der Waals surface area (Å²) < 4.78 is 44.6. The second kappa shape index (κ2) is 7.14. The van der Waals surface area contributed by atoms with Crippen LogP contribution in [0.5, 0.6) is 0 Å². The van der Waals surface area contributed by atoms with Gasteiger partial charge in [0.2, 0.25) is 5.90 Å². The van der Waals surface area contributed by atoms with Crippen molar-refractivity contribution in [3.8, 4) is 0 Å². The number of hydrogen-bond donors (Lipinski definition) is 4. The molecule has 0 fully saturated rings. The monoisotopic (exact) mass is 391 g/mol. The smallest absolute Gasteiger partial charge is 0.433 e. The van der Waals surface area contributed by atoms with E-state index in [9.17, 15) is 13.2 Å². The Labute approximate surface area is 159 Å². The molecular formula is C19H20F3N5O. The molecule has 0 spiro atoms. The Bertz CT molecular complexity index is 1010. The molecule has 0 aliphatic heterocycles. The first kappa shape index (κ1) is 19.7. The molecule has 0 saturated carbocycles. The summed E-state index contributed by atoms with van der Waals surface area (Å²) in [5.74, 6) is -0.136. The molecule has 1 aliphatic rings. The molecule has 1 heterocycles. The zero-order valence-electron chi connectivity index (χ0n) is 15.2. The van der Waals surface area contributed by atoms with Gasteiger partial charge >= 0.3 is 6.18 Å². The van der Waals surface area contributed by atoms with Crippen LogP contribution in [0, 0.1) is 10.8 Å². The number of methoxy groups -OCH3 is 1. The Morgan fingerprint density at radius 1 is 1.18 bits per heavy atom. The average Bonchev–Trinajstić information content (AvgIpc) is 2.67. The minimum absolute atomic E-state index is 0.0618. The van der Waals surface area contributed by atoms with Gasteiger partial charge in [0.25, 0.3) is 0 Å². The Balaban J connectivity index is 2.38. The number of rotatable bonds is 3. The number of benzene rings is 1. The molecule has 1 aromatic carbocycles. The number of hydrogen-bond acceptors (Lipinski definition) is 6. The zero-order valence-corrected chi connectivity index (χ0v) is 15.2. The maximum absolute atomic E-state index is 13.2. The summed E-state index contributed by atoms with van der Waals surface area (Å²) in [5, 5.41) is 16.3. The summed E-state index contributed by atoms with van der Waals surface area (Å²) in [6.45, 7) is 0. The van der Waals surface area contributed by atoms with Gasteiger partial charge in [0, 0.05) is 22.8 Å². The molecule has 0 atom stereocenters. The molecule has 0 saturated heterocycles. The van der Waals surface area contributed by atoms with Crippen molar-refractivity contribution in [3.63, 3.8) is 0 Å². The molecule has 2 aromatic rings. The van der Waals surface area contributed by atoms with Gasteiger partial charge in [-0.2, -0.15) is 13.2 Å². The highest BCUT2D eigenvalue weighted by molar-refractivity contribution is 6.25. The fourth-order valence-corrected chi connectivity index (χ4v) is 3.64. The highest BCUT2D eigenvalue weighted by Gasteiger charge is 2.38. The normalized spacial score (nSPS) is 14.6. The van der Waals surface area contributed by atoms with Crippen molar-refractivity contribution >= 4 is 33.8 Å². The number of alkyl halides is 3. The van der Waals surface area contributed by atoms with E-state index in [1.165, 1.54) is 13.2 Å². The number of pyridine rings is 1. The number of anilines is 1. The third kappa shape index (κ3) is 3.17. The maximum Gasteiger partial charge on any atom is 0.433 e. The summed E-state index contributed by atoms with van der Waals surface area (Å²) in [6.07, 6.45) is -1.32. The summed E-state index contributed by atoms with van der Waals surface area (Å²) in [4.78, 5) is 4.42. The van der Waals surface area contributed by atoms with E-state index in [-0.39, 0.29) is 11.6 Å². The molecule has 6 nitrogen and oxygen atoms in total. The lowest BCUT2D eigenvalue weighted by atomic mass is 9.84. The predicted molar refractivity (Wildman–Crippen MR) is 103 cm³/mol. The lowest BCUT2D eigenvalue weighted by Crippen LogP contribution is -2.25. The molecule has 0 bridgehead atoms. The van der Waals surface area contributed by atoms with Crippen molar-refractivity contribution in [2.45, 2.75) is 31.9 Å². The third-order valence-electron chi connectivity index (χ3n) is 4.91. The lowest BCUT2D eigenvalue weighted by molar-refractivity contribution is -0.0578. The number of fused-ring (bicyclic) bond motifs is 3. The van der Waals surface area contributed by atoms with Crippen LogP contribution in [0.15, 0.2) is 18.3 Å². The molecule has 28 heavy (non-hydrogen) atoms. The molecule has 3 rings (SSSR count). The summed E-state index contributed by atoms with van der Waals surface area (Å²) in [6, 6.07) is 3.14. The molecular weight excluding hydrogens is 371 g/mol. The average molecular weight is 391 g/mol. The maximum atomic E-state index is 13.2. The van der Waals surface area contributed by atoms with Crippen LogP contribution in [0.25, 0.3) is 16.5 Å². The number of aromatic nitrogens is 1.